The van der Waals surface area contributed by atoms with E-state index in [0.717, 1.165) is 0 Å². The van der Waals surface area contributed by atoms with Gasteiger partial charge in [-0.05, 0) is 19.0 Å². The van der Waals surface area contributed by atoms with Crippen LogP contribution in [0, 0.1) is 12.3 Å². The molecule has 1 aromatic carbocycles. The van der Waals surface area contributed by atoms with Crippen LogP contribution in [0.15, 0.2) is 30.3 Å². The predicted molar refractivity (Wildman–Crippen MR) is 55.8 cm³/mol. The lowest BCUT2D eigenvalue weighted by Crippen LogP contribution is -2.29. The van der Waals surface area contributed by atoms with Gasteiger partial charge in [-0.15, -0.1) is 6.42 Å². The van der Waals surface area contributed by atoms with E-state index < -0.39 is 5.60 Å². The minimum absolute atomic E-state index is 0.320. The number of terminal acetylenes is 1. The zero-order valence-corrected chi connectivity index (χ0v) is 8.87. The van der Waals surface area contributed by atoms with Crippen LogP contribution in [0.5, 0.6) is 0 Å². The van der Waals surface area contributed by atoms with Gasteiger partial charge in [0.25, 0.3) is 9.76 Å². The first-order valence-corrected chi connectivity index (χ1v) is 5.02. The quantitative estimate of drug-likeness (QED) is 0.514. The molecule has 13 heavy (non-hydrogen) atoms. The summed E-state index contributed by atoms with van der Waals surface area (Å²) in [5, 5.41) is 1.17. The summed E-state index contributed by atoms with van der Waals surface area (Å²) >= 11 is 0. The molecule has 0 bridgehead atoms. The van der Waals surface area contributed by atoms with Crippen LogP contribution in [0.3, 0.4) is 0 Å². The predicted octanol–water partition coefficient (Wildman–Crippen LogP) is 1.36. The summed E-state index contributed by atoms with van der Waals surface area (Å²) in [6, 6.07) is 10.0. The number of hydrogen-bond acceptors (Lipinski definition) is 1. The third-order valence-corrected chi connectivity index (χ3v) is 2.73. The average Bonchev–Trinajstić information content (AvgIpc) is 2.17. The van der Waals surface area contributed by atoms with Gasteiger partial charge in [-0.2, -0.15) is 0 Å². The van der Waals surface area contributed by atoms with Gasteiger partial charge in [0.2, 0.25) is 0 Å². The van der Waals surface area contributed by atoms with Crippen LogP contribution in [0.25, 0.3) is 0 Å². The third kappa shape index (κ3) is 3.45. The number of rotatable bonds is 3. The molecule has 0 heterocycles. The highest BCUT2D eigenvalue weighted by Crippen LogP contribution is 2.04. The third-order valence-electron chi connectivity index (χ3n) is 1.55. The molecule has 0 aliphatic carbocycles. The second kappa shape index (κ2) is 4.27. The van der Waals surface area contributed by atoms with Crippen LogP contribution in [0.4, 0.5) is 0 Å². The highest BCUT2D eigenvalue weighted by molar-refractivity contribution is 6.47. The minimum atomic E-state index is -0.464. The van der Waals surface area contributed by atoms with E-state index in [0.29, 0.717) is 9.76 Å². The summed E-state index contributed by atoms with van der Waals surface area (Å²) in [7, 11) is 0.320. The van der Waals surface area contributed by atoms with Crippen LogP contribution in [0.1, 0.15) is 13.8 Å². The molecular weight excluding hydrogens is 176 g/mol. The van der Waals surface area contributed by atoms with E-state index in [-0.39, 0.29) is 0 Å². The summed E-state index contributed by atoms with van der Waals surface area (Å²) in [5.74, 6) is 2.60. The molecule has 66 valence electrons. The lowest BCUT2D eigenvalue weighted by molar-refractivity contribution is 0.186. The maximum Gasteiger partial charge on any atom is 0.270 e. The monoisotopic (exact) mass is 188 g/mol. The molecule has 1 nitrogen and oxygen atoms in total. The van der Waals surface area contributed by atoms with Crippen LogP contribution in [-0.4, -0.2) is 15.4 Å². The molecule has 2 heteroatoms. The Bertz CT molecular complexity index is 298. The van der Waals surface area contributed by atoms with Crippen molar-refractivity contribution in [2.24, 2.45) is 0 Å². The van der Waals surface area contributed by atoms with E-state index in [2.05, 4.69) is 5.92 Å². The Morgan fingerprint density at radius 3 is 2.46 bits per heavy atom. The first kappa shape index (κ1) is 10.0. The Morgan fingerprint density at radius 1 is 1.31 bits per heavy atom. The molecule has 0 unspecified atom stereocenters. The fourth-order valence-corrected chi connectivity index (χ4v) is 1.48. The smallest absolute Gasteiger partial charge is 0.270 e. The zero-order chi connectivity index (χ0) is 9.73. The van der Waals surface area contributed by atoms with Gasteiger partial charge in [-0.25, -0.2) is 0 Å². The number of benzene rings is 1. The molecule has 0 spiro atoms. The molecule has 1 aromatic rings. The molecule has 0 aliphatic rings. The van der Waals surface area contributed by atoms with Crippen molar-refractivity contribution in [3.05, 3.63) is 30.3 Å². The summed E-state index contributed by atoms with van der Waals surface area (Å²) in [4.78, 5) is 0. The number of hydrogen-bond donors (Lipinski definition) is 0. The van der Waals surface area contributed by atoms with Crippen molar-refractivity contribution >= 4 is 14.9 Å². The summed E-state index contributed by atoms with van der Waals surface area (Å²) in [6.45, 7) is 3.78. The molecule has 0 fully saturated rings. The Kier molecular flexibility index (Phi) is 3.29. The topological polar surface area (TPSA) is 9.23 Å². The standard InChI is InChI=1S/C11H12OSi/c1-4-11(2,3)12-13-10-8-6-5-7-9-10/h1,5-9H,2-3H3. The maximum absolute atomic E-state index is 5.56. The summed E-state index contributed by atoms with van der Waals surface area (Å²) in [5.41, 5.74) is -0.464. The Balaban J connectivity index is 2.50. The highest BCUT2D eigenvalue weighted by Gasteiger charge is 2.14. The molecule has 1 rings (SSSR count). The van der Waals surface area contributed by atoms with Gasteiger partial charge in [0.05, 0.1) is 0 Å². The molecule has 0 saturated heterocycles. The molecule has 0 amide bonds. The van der Waals surface area contributed by atoms with E-state index in [1.165, 1.54) is 5.19 Å². The van der Waals surface area contributed by atoms with Gasteiger partial charge in [-0.1, -0.05) is 36.3 Å². The van der Waals surface area contributed by atoms with Crippen molar-refractivity contribution in [1.82, 2.24) is 0 Å². The molecule has 0 aliphatic heterocycles. The maximum atomic E-state index is 5.56. The van der Waals surface area contributed by atoms with E-state index in [1.807, 2.05) is 44.2 Å². The van der Waals surface area contributed by atoms with Crippen molar-refractivity contribution in [3.63, 3.8) is 0 Å². The lowest BCUT2D eigenvalue weighted by atomic mass is 10.2. The summed E-state index contributed by atoms with van der Waals surface area (Å²) in [6.07, 6.45) is 5.30. The Hall–Kier alpha value is -1.04. The van der Waals surface area contributed by atoms with Gasteiger partial charge in [0.15, 0.2) is 0 Å². The fraction of sp³-hybridized carbons (Fsp3) is 0.273. The first-order chi connectivity index (χ1) is 6.14. The van der Waals surface area contributed by atoms with E-state index in [1.54, 1.807) is 0 Å². The second-order valence-electron chi connectivity index (χ2n) is 3.22. The minimum Gasteiger partial charge on any atom is -0.396 e. The van der Waals surface area contributed by atoms with Crippen molar-refractivity contribution in [1.29, 1.82) is 0 Å². The van der Waals surface area contributed by atoms with E-state index >= 15 is 0 Å². The zero-order valence-electron chi connectivity index (χ0n) is 7.87. The molecule has 0 atom stereocenters. The Labute approximate surface area is 82.1 Å². The molecule has 0 N–H and O–H groups in total. The van der Waals surface area contributed by atoms with Crippen LogP contribution in [-0.2, 0) is 4.43 Å². The lowest BCUT2D eigenvalue weighted by Gasteiger charge is -2.17. The van der Waals surface area contributed by atoms with Gasteiger partial charge >= 0.3 is 0 Å². The highest BCUT2D eigenvalue weighted by atomic mass is 28.2. The molecule has 0 aromatic heterocycles. The fourth-order valence-electron chi connectivity index (χ4n) is 0.722. The van der Waals surface area contributed by atoms with Gasteiger partial charge in [-0.3, -0.25) is 0 Å². The average molecular weight is 188 g/mol. The molecule has 2 radical (unpaired) electrons. The van der Waals surface area contributed by atoms with Crippen LogP contribution >= 0.6 is 0 Å². The van der Waals surface area contributed by atoms with Crippen LogP contribution in [0.2, 0.25) is 0 Å². The van der Waals surface area contributed by atoms with E-state index in [4.69, 9.17) is 10.8 Å². The molecule has 0 saturated carbocycles. The van der Waals surface area contributed by atoms with Gasteiger partial charge < -0.3 is 4.43 Å². The van der Waals surface area contributed by atoms with Crippen molar-refractivity contribution < 1.29 is 4.43 Å². The van der Waals surface area contributed by atoms with Crippen molar-refractivity contribution in [3.8, 4) is 12.3 Å². The Morgan fingerprint density at radius 2 is 1.92 bits per heavy atom. The summed E-state index contributed by atoms with van der Waals surface area (Å²) < 4.78 is 5.56. The normalized spacial score (nSPS) is 10.8. The van der Waals surface area contributed by atoms with Crippen molar-refractivity contribution in [2.45, 2.75) is 19.4 Å². The largest absolute Gasteiger partial charge is 0.396 e. The second-order valence-corrected chi connectivity index (χ2v) is 4.21. The van der Waals surface area contributed by atoms with Gasteiger partial charge in [0.1, 0.15) is 5.60 Å². The van der Waals surface area contributed by atoms with Crippen LogP contribution < -0.4 is 5.19 Å². The van der Waals surface area contributed by atoms with Crippen molar-refractivity contribution in [2.75, 3.05) is 0 Å². The van der Waals surface area contributed by atoms with E-state index in [9.17, 15) is 0 Å². The first-order valence-electron chi connectivity index (χ1n) is 4.11. The SMILES string of the molecule is C#CC(C)(C)O[Si]c1ccccc1. The molecular formula is C11H12OSi. The van der Waals surface area contributed by atoms with Gasteiger partial charge in [0, 0.05) is 0 Å².